The van der Waals surface area contributed by atoms with Crippen LogP contribution in [0.4, 0.5) is 0 Å². The maximum absolute atomic E-state index is 11.4. The zero-order valence-electron chi connectivity index (χ0n) is 11.2. The third-order valence-corrected chi connectivity index (χ3v) is 2.69. The molecule has 0 radical (unpaired) electrons. The number of hydrogen-bond donors (Lipinski definition) is 1. The minimum atomic E-state index is -0.709. The van der Waals surface area contributed by atoms with E-state index in [1.54, 1.807) is 0 Å². The summed E-state index contributed by atoms with van der Waals surface area (Å²) >= 11 is 0. The zero-order chi connectivity index (χ0) is 13.3. The van der Waals surface area contributed by atoms with Crippen LogP contribution in [0.25, 0.3) is 0 Å². The van der Waals surface area contributed by atoms with Crippen molar-refractivity contribution in [2.75, 3.05) is 0 Å². The maximum atomic E-state index is 11.4. The Hall–Kier alpha value is 0.736. The molecule has 0 aromatic heterocycles. The molecule has 102 valence electrons. The van der Waals surface area contributed by atoms with E-state index in [1.807, 2.05) is 13.8 Å². The van der Waals surface area contributed by atoms with Gasteiger partial charge in [-0.2, -0.15) is 0 Å². The number of esters is 2. The van der Waals surface area contributed by atoms with Crippen molar-refractivity contribution >= 4 is 63.3 Å². The van der Waals surface area contributed by atoms with Gasteiger partial charge in [0, 0.05) is 6.42 Å². The van der Waals surface area contributed by atoms with E-state index in [4.69, 9.17) is 5.73 Å². The molecule has 0 aromatic rings. The number of unbranched alkanes of at least 4 members (excludes halogenated alkanes) is 4. The summed E-state index contributed by atoms with van der Waals surface area (Å²) in [5.74, 6) is -1.08. The number of hydrogen-bond acceptors (Lipinski definition) is 4. The second-order valence-electron chi connectivity index (χ2n) is 4.73. The van der Waals surface area contributed by atoms with Gasteiger partial charge in [0.05, 0.1) is 0 Å². The van der Waals surface area contributed by atoms with Crippen molar-refractivity contribution in [3.8, 4) is 0 Å². The van der Waals surface area contributed by atoms with Gasteiger partial charge < -0.3 is 10.5 Å². The molecule has 0 unspecified atom stereocenters. The van der Waals surface area contributed by atoms with E-state index in [-0.39, 0.29) is 57.3 Å². The molecule has 0 amide bonds. The van der Waals surface area contributed by atoms with E-state index in [1.165, 1.54) is 12.8 Å². The Morgan fingerprint density at radius 1 is 1.11 bits per heavy atom. The standard InChI is InChI=1S/C13H25NO3.K.H/c1-4-5-6-7-8-9-11(15)17-13(16)12(14)10(2)3;;/h10,12H,4-9,14H2,1-3H3;;/t12-;;/m0../s1. The quantitative estimate of drug-likeness (QED) is 0.319. The summed E-state index contributed by atoms with van der Waals surface area (Å²) in [5, 5.41) is 0. The van der Waals surface area contributed by atoms with Crippen LogP contribution < -0.4 is 5.73 Å². The Bertz CT molecular complexity index is 244. The van der Waals surface area contributed by atoms with Crippen molar-refractivity contribution in [1.82, 2.24) is 0 Å². The van der Waals surface area contributed by atoms with Crippen LogP contribution in [0.1, 0.15) is 59.3 Å². The molecule has 0 aliphatic carbocycles. The summed E-state index contributed by atoms with van der Waals surface area (Å²) in [6.07, 6.45) is 5.58. The average Bonchev–Trinajstić information content (AvgIpc) is 2.27. The minimum absolute atomic E-state index is 0. The first-order chi connectivity index (χ1) is 7.99. The molecule has 0 saturated heterocycles. The van der Waals surface area contributed by atoms with E-state index >= 15 is 0 Å². The summed E-state index contributed by atoms with van der Waals surface area (Å²) in [6, 6.07) is -0.709. The van der Waals surface area contributed by atoms with Crippen molar-refractivity contribution in [3.63, 3.8) is 0 Å². The van der Waals surface area contributed by atoms with Gasteiger partial charge in [0.25, 0.3) is 0 Å². The zero-order valence-corrected chi connectivity index (χ0v) is 11.2. The molecule has 0 rings (SSSR count). The van der Waals surface area contributed by atoms with E-state index in [2.05, 4.69) is 11.7 Å². The Balaban J connectivity index is 0. The first-order valence-corrected chi connectivity index (χ1v) is 6.49. The molecular formula is C13H26KNO3. The van der Waals surface area contributed by atoms with E-state index in [0.717, 1.165) is 19.3 Å². The van der Waals surface area contributed by atoms with Gasteiger partial charge in [-0.25, -0.2) is 4.79 Å². The summed E-state index contributed by atoms with van der Waals surface area (Å²) in [4.78, 5) is 22.7. The fourth-order valence-corrected chi connectivity index (χ4v) is 1.38. The van der Waals surface area contributed by atoms with Crippen molar-refractivity contribution in [2.45, 2.75) is 65.3 Å². The molecule has 4 nitrogen and oxygen atoms in total. The van der Waals surface area contributed by atoms with E-state index in [9.17, 15) is 9.59 Å². The summed E-state index contributed by atoms with van der Waals surface area (Å²) in [5.41, 5.74) is 5.58. The van der Waals surface area contributed by atoms with Gasteiger partial charge in [-0.1, -0.05) is 46.5 Å². The second-order valence-corrected chi connectivity index (χ2v) is 4.73. The molecule has 0 bridgehead atoms. The molecule has 5 heteroatoms. The normalized spacial score (nSPS) is 11.8. The summed E-state index contributed by atoms with van der Waals surface area (Å²) in [6.45, 7) is 5.78. The number of nitrogens with two attached hydrogens (primary N) is 1. The molecule has 2 N–H and O–H groups in total. The van der Waals surface area contributed by atoms with Gasteiger partial charge in [-0.15, -0.1) is 0 Å². The summed E-state index contributed by atoms with van der Waals surface area (Å²) in [7, 11) is 0. The Morgan fingerprint density at radius 3 is 2.17 bits per heavy atom. The van der Waals surface area contributed by atoms with Crippen molar-refractivity contribution < 1.29 is 14.3 Å². The molecule has 0 spiro atoms. The molecule has 0 heterocycles. The average molecular weight is 283 g/mol. The van der Waals surface area contributed by atoms with Crippen molar-refractivity contribution in [3.05, 3.63) is 0 Å². The van der Waals surface area contributed by atoms with Gasteiger partial charge in [0.2, 0.25) is 0 Å². The fourth-order valence-electron chi connectivity index (χ4n) is 1.38. The van der Waals surface area contributed by atoms with Crippen LogP contribution in [0.3, 0.4) is 0 Å². The Morgan fingerprint density at radius 2 is 1.67 bits per heavy atom. The molecule has 0 aliphatic heterocycles. The second kappa shape index (κ2) is 12.8. The predicted molar refractivity (Wildman–Crippen MR) is 74.4 cm³/mol. The van der Waals surface area contributed by atoms with E-state index < -0.39 is 18.0 Å². The third-order valence-electron chi connectivity index (χ3n) is 2.69. The SMILES string of the molecule is CCCCCCCC(=O)OC(=O)[C@@H](N)C(C)C.[KH]. The number of carbonyl (C=O) groups is 2. The molecule has 1 atom stereocenters. The van der Waals surface area contributed by atoms with Crippen LogP contribution in [0, 0.1) is 5.92 Å². The van der Waals surface area contributed by atoms with Gasteiger partial charge >= 0.3 is 63.3 Å². The van der Waals surface area contributed by atoms with Crippen LogP contribution in [-0.4, -0.2) is 69.4 Å². The van der Waals surface area contributed by atoms with Crippen LogP contribution in [-0.2, 0) is 14.3 Å². The fraction of sp³-hybridized carbons (Fsp3) is 0.846. The Kier molecular flexibility index (Phi) is 14.9. The predicted octanol–water partition coefficient (Wildman–Crippen LogP) is 1.75. The van der Waals surface area contributed by atoms with Gasteiger partial charge in [-0.3, -0.25) is 4.79 Å². The molecular weight excluding hydrogens is 257 g/mol. The number of carbonyl (C=O) groups excluding carboxylic acids is 2. The summed E-state index contributed by atoms with van der Waals surface area (Å²) < 4.78 is 4.68. The van der Waals surface area contributed by atoms with Crippen LogP contribution in [0.5, 0.6) is 0 Å². The number of ether oxygens (including phenoxy) is 1. The first-order valence-electron chi connectivity index (χ1n) is 6.49. The number of rotatable bonds is 8. The molecule has 0 fully saturated rings. The van der Waals surface area contributed by atoms with Gasteiger partial charge in [0.15, 0.2) is 0 Å². The van der Waals surface area contributed by atoms with Gasteiger partial charge in [0.1, 0.15) is 6.04 Å². The van der Waals surface area contributed by atoms with Crippen LogP contribution in [0.2, 0.25) is 0 Å². The van der Waals surface area contributed by atoms with Crippen molar-refractivity contribution in [2.24, 2.45) is 11.7 Å². The molecule has 0 saturated carbocycles. The monoisotopic (exact) mass is 283 g/mol. The van der Waals surface area contributed by atoms with Crippen molar-refractivity contribution in [1.29, 1.82) is 0 Å². The van der Waals surface area contributed by atoms with E-state index in [0.29, 0.717) is 6.42 Å². The van der Waals surface area contributed by atoms with Crippen LogP contribution in [0.15, 0.2) is 0 Å². The third kappa shape index (κ3) is 10.6. The van der Waals surface area contributed by atoms with Gasteiger partial charge in [-0.05, 0) is 12.3 Å². The topological polar surface area (TPSA) is 69.4 Å². The Labute approximate surface area is 153 Å². The molecule has 18 heavy (non-hydrogen) atoms. The molecule has 0 aliphatic rings. The first kappa shape index (κ1) is 21.0. The molecule has 0 aromatic carbocycles. The van der Waals surface area contributed by atoms with Crippen LogP contribution >= 0.6 is 0 Å².